The van der Waals surface area contributed by atoms with Gasteiger partial charge < -0.3 is 10.1 Å². The van der Waals surface area contributed by atoms with Gasteiger partial charge >= 0.3 is 0 Å². The van der Waals surface area contributed by atoms with Crippen LogP contribution in [-0.2, 0) is 4.79 Å². The Morgan fingerprint density at radius 1 is 1.04 bits per heavy atom. The number of carbonyl (C=O) groups excluding carboxylic acids is 1. The largest absolute Gasteiger partial charge is 0.484 e. The zero-order chi connectivity index (χ0) is 19.5. The lowest BCUT2D eigenvalue weighted by molar-refractivity contribution is -0.118. The first-order valence-corrected chi connectivity index (χ1v) is 8.69. The van der Waals surface area contributed by atoms with E-state index in [2.05, 4.69) is 15.5 Å². The Morgan fingerprint density at radius 2 is 1.82 bits per heavy atom. The van der Waals surface area contributed by atoms with E-state index >= 15 is 0 Å². The quantitative estimate of drug-likeness (QED) is 0.574. The molecule has 0 saturated carbocycles. The molecule has 0 fully saturated rings. The number of halogens is 1. The molecule has 0 radical (unpaired) electrons. The van der Waals surface area contributed by atoms with Gasteiger partial charge in [-0.05, 0) is 67.1 Å². The molecule has 1 N–H and O–H groups in total. The number of aromatic nitrogens is 3. The molecule has 4 rings (SSSR count). The number of ether oxygens (including phenoxy) is 1. The molecule has 1 heterocycles. The highest BCUT2D eigenvalue weighted by Crippen LogP contribution is 2.18. The van der Waals surface area contributed by atoms with E-state index in [1.54, 1.807) is 36.4 Å². The number of nitrogens with zero attached hydrogens (tertiary/aromatic N) is 3. The van der Waals surface area contributed by atoms with E-state index in [0.717, 1.165) is 5.56 Å². The van der Waals surface area contributed by atoms with Crippen molar-refractivity contribution >= 4 is 22.6 Å². The Kier molecular flexibility index (Phi) is 4.72. The van der Waals surface area contributed by atoms with Crippen LogP contribution < -0.4 is 10.1 Å². The first kappa shape index (κ1) is 17.7. The van der Waals surface area contributed by atoms with Crippen molar-refractivity contribution in [1.29, 1.82) is 0 Å². The molecule has 0 bridgehead atoms. The number of carbonyl (C=O) groups is 1. The zero-order valence-electron chi connectivity index (χ0n) is 15.1. The van der Waals surface area contributed by atoms with Crippen LogP contribution in [0.2, 0.25) is 0 Å². The molecule has 1 aromatic heterocycles. The number of hydrogen-bond acceptors (Lipinski definition) is 4. The van der Waals surface area contributed by atoms with Crippen molar-refractivity contribution in [2.45, 2.75) is 6.92 Å². The first-order valence-electron chi connectivity index (χ1n) is 8.69. The molecular formula is C21H17FN4O2. The van der Waals surface area contributed by atoms with Gasteiger partial charge in [0.1, 0.15) is 22.6 Å². The van der Waals surface area contributed by atoms with Crippen LogP contribution in [0.5, 0.6) is 5.75 Å². The summed E-state index contributed by atoms with van der Waals surface area (Å²) in [5.74, 6) is 0.0537. The van der Waals surface area contributed by atoms with Gasteiger partial charge in [-0.2, -0.15) is 4.80 Å². The number of hydrogen-bond donors (Lipinski definition) is 1. The summed E-state index contributed by atoms with van der Waals surface area (Å²) in [6, 6.07) is 18.6. The maximum Gasteiger partial charge on any atom is 0.262 e. The first-order chi connectivity index (χ1) is 13.6. The maximum absolute atomic E-state index is 13.1. The van der Waals surface area contributed by atoms with Crippen LogP contribution in [0, 0.1) is 12.7 Å². The SMILES string of the molecule is Cc1cccc(OCC(=O)Nc2ccc3nn(-c4ccc(F)cc4)nc3c2)c1. The Bertz CT molecular complexity index is 1140. The van der Waals surface area contributed by atoms with Crippen LogP contribution in [0.3, 0.4) is 0 Å². The number of aryl methyl sites for hydroxylation is 1. The van der Waals surface area contributed by atoms with Crippen molar-refractivity contribution in [3.05, 3.63) is 78.1 Å². The molecule has 7 heteroatoms. The van der Waals surface area contributed by atoms with Gasteiger partial charge in [-0.3, -0.25) is 4.79 Å². The van der Waals surface area contributed by atoms with Crippen LogP contribution in [-0.4, -0.2) is 27.5 Å². The topological polar surface area (TPSA) is 69.0 Å². The molecule has 0 spiro atoms. The number of fused-ring (bicyclic) bond motifs is 1. The van der Waals surface area contributed by atoms with E-state index in [1.807, 2.05) is 25.1 Å². The van der Waals surface area contributed by atoms with E-state index < -0.39 is 0 Å². The van der Waals surface area contributed by atoms with Crippen molar-refractivity contribution in [1.82, 2.24) is 15.0 Å². The Morgan fingerprint density at radius 3 is 2.61 bits per heavy atom. The molecule has 0 unspecified atom stereocenters. The van der Waals surface area contributed by atoms with Crippen LogP contribution in [0.1, 0.15) is 5.56 Å². The molecule has 0 saturated heterocycles. The minimum absolute atomic E-state index is 0.0935. The molecule has 4 aromatic rings. The van der Waals surface area contributed by atoms with Crippen LogP contribution in [0.4, 0.5) is 10.1 Å². The van der Waals surface area contributed by atoms with E-state index in [0.29, 0.717) is 28.2 Å². The second-order valence-corrected chi connectivity index (χ2v) is 6.32. The summed E-state index contributed by atoms with van der Waals surface area (Å²) in [5, 5.41) is 11.5. The standard InChI is InChI=1S/C21H17FN4O2/c1-14-3-2-4-18(11-14)28-13-21(27)23-16-7-10-19-20(12-16)25-26(24-19)17-8-5-15(22)6-9-17/h2-12H,13H2,1H3,(H,23,27). The molecule has 140 valence electrons. The summed E-state index contributed by atoms with van der Waals surface area (Å²) in [4.78, 5) is 13.6. The van der Waals surface area contributed by atoms with Gasteiger partial charge in [0.15, 0.2) is 6.61 Å². The van der Waals surface area contributed by atoms with Crippen LogP contribution in [0.15, 0.2) is 66.7 Å². The Labute approximate surface area is 160 Å². The number of benzene rings is 3. The molecule has 28 heavy (non-hydrogen) atoms. The normalized spacial score (nSPS) is 10.8. The Balaban J connectivity index is 1.45. The highest BCUT2D eigenvalue weighted by molar-refractivity contribution is 5.93. The molecule has 0 aliphatic heterocycles. The van der Waals surface area contributed by atoms with Crippen molar-refractivity contribution < 1.29 is 13.9 Å². The zero-order valence-corrected chi connectivity index (χ0v) is 15.1. The molecule has 6 nitrogen and oxygen atoms in total. The van der Waals surface area contributed by atoms with Crippen molar-refractivity contribution in [3.63, 3.8) is 0 Å². The summed E-state index contributed by atoms with van der Waals surface area (Å²) in [5.41, 5.74) is 3.58. The number of anilines is 1. The van der Waals surface area contributed by atoms with E-state index in [4.69, 9.17) is 4.74 Å². The molecule has 1 amide bonds. The maximum atomic E-state index is 13.1. The van der Waals surface area contributed by atoms with Crippen LogP contribution in [0.25, 0.3) is 16.7 Å². The fraction of sp³-hybridized carbons (Fsp3) is 0.0952. The van der Waals surface area contributed by atoms with Crippen molar-refractivity contribution in [3.8, 4) is 11.4 Å². The minimum Gasteiger partial charge on any atom is -0.484 e. The molecule has 0 aliphatic carbocycles. The predicted octanol–water partition coefficient (Wildman–Crippen LogP) is 3.89. The predicted molar refractivity (Wildman–Crippen MR) is 104 cm³/mol. The second-order valence-electron chi connectivity index (χ2n) is 6.32. The van der Waals surface area contributed by atoms with Gasteiger partial charge in [-0.25, -0.2) is 4.39 Å². The van der Waals surface area contributed by atoms with E-state index in [-0.39, 0.29) is 18.3 Å². The van der Waals surface area contributed by atoms with Gasteiger partial charge in [0.05, 0.1) is 5.69 Å². The summed E-state index contributed by atoms with van der Waals surface area (Å²) in [7, 11) is 0. The highest BCUT2D eigenvalue weighted by Gasteiger charge is 2.08. The number of rotatable bonds is 5. The lowest BCUT2D eigenvalue weighted by Gasteiger charge is -2.08. The number of nitrogens with one attached hydrogen (secondary N) is 1. The lowest BCUT2D eigenvalue weighted by Crippen LogP contribution is -2.20. The summed E-state index contributed by atoms with van der Waals surface area (Å²) in [6.45, 7) is 1.87. The third-order valence-corrected chi connectivity index (χ3v) is 4.08. The fourth-order valence-corrected chi connectivity index (χ4v) is 2.73. The van der Waals surface area contributed by atoms with E-state index in [9.17, 15) is 9.18 Å². The average molecular weight is 376 g/mol. The van der Waals surface area contributed by atoms with Gasteiger partial charge in [0.25, 0.3) is 5.91 Å². The third kappa shape index (κ3) is 3.98. The van der Waals surface area contributed by atoms with E-state index in [1.165, 1.54) is 16.9 Å². The summed E-state index contributed by atoms with van der Waals surface area (Å²) in [6.07, 6.45) is 0. The van der Waals surface area contributed by atoms with Crippen LogP contribution >= 0.6 is 0 Å². The monoisotopic (exact) mass is 376 g/mol. The van der Waals surface area contributed by atoms with Gasteiger partial charge in [0, 0.05) is 5.69 Å². The number of amides is 1. The molecular weight excluding hydrogens is 359 g/mol. The van der Waals surface area contributed by atoms with Gasteiger partial charge in [0.2, 0.25) is 0 Å². The summed E-state index contributed by atoms with van der Waals surface area (Å²) < 4.78 is 18.6. The highest BCUT2D eigenvalue weighted by atomic mass is 19.1. The third-order valence-electron chi connectivity index (χ3n) is 4.08. The molecule has 3 aromatic carbocycles. The van der Waals surface area contributed by atoms with Gasteiger partial charge in [-0.15, -0.1) is 10.2 Å². The van der Waals surface area contributed by atoms with Gasteiger partial charge in [-0.1, -0.05) is 12.1 Å². The molecule has 0 aliphatic rings. The Hall–Kier alpha value is -3.74. The molecule has 0 atom stereocenters. The second kappa shape index (κ2) is 7.48. The smallest absolute Gasteiger partial charge is 0.262 e. The fourth-order valence-electron chi connectivity index (χ4n) is 2.73. The lowest BCUT2D eigenvalue weighted by atomic mass is 10.2. The van der Waals surface area contributed by atoms with Crippen molar-refractivity contribution in [2.24, 2.45) is 0 Å². The minimum atomic E-state index is -0.321. The van der Waals surface area contributed by atoms with Crippen molar-refractivity contribution in [2.75, 3.05) is 11.9 Å². The average Bonchev–Trinajstić information content (AvgIpc) is 3.10. The summed E-state index contributed by atoms with van der Waals surface area (Å²) >= 11 is 0.